The molecule has 30 heavy (non-hydrogen) atoms. The number of amides is 1. The van der Waals surface area contributed by atoms with Crippen molar-refractivity contribution in [3.8, 4) is 23.0 Å². The van der Waals surface area contributed by atoms with E-state index in [4.69, 9.17) is 9.84 Å². The number of hydrogen-bond donors (Lipinski definition) is 2. The molecular weight excluding hydrogens is 400 g/mol. The Labute approximate surface area is 177 Å². The van der Waals surface area contributed by atoms with Gasteiger partial charge in [0, 0.05) is 18.9 Å². The molecule has 0 saturated heterocycles. The van der Waals surface area contributed by atoms with Crippen LogP contribution in [0.5, 0.6) is 0 Å². The van der Waals surface area contributed by atoms with Crippen LogP contribution < -0.4 is 5.32 Å². The van der Waals surface area contributed by atoms with Crippen molar-refractivity contribution in [3.63, 3.8) is 0 Å². The van der Waals surface area contributed by atoms with Crippen LogP contribution in [0.15, 0.2) is 54.0 Å². The molecular formula is C23H18N2O4S. The minimum absolute atomic E-state index is 0.0173. The largest absolute Gasteiger partial charge is 0.476 e. The lowest BCUT2D eigenvalue weighted by molar-refractivity contribution is 0.0691. The van der Waals surface area contributed by atoms with Crippen molar-refractivity contribution in [1.29, 1.82) is 0 Å². The molecule has 1 amide bonds. The van der Waals surface area contributed by atoms with Gasteiger partial charge < -0.3 is 15.2 Å². The van der Waals surface area contributed by atoms with Gasteiger partial charge in [-0.1, -0.05) is 60.4 Å². The Morgan fingerprint density at radius 3 is 2.43 bits per heavy atom. The van der Waals surface area contributed by atoms with Gasteiger partial charge in [-0.05, 0) is 22.3 Å². The molecule has 0 bridgehead atoms. The van der Waals surface area contributed by atoms with Crippen LogP contribution in [0, 0.1) is 11.8 Å². The van der Waals surface area contributed by atoms with Gasteiger partial charge in [-0.15, -0.1) is 11.3 Å². The first-order chi connectivity index (χ1) is 14.6. The molecule has 0 radical (unpaired) electrons. The third-order valence-corrected chi connectivity index (χ3v) is 5.58. The number of nitrogens with one attached hydrogen (secondary N) is 1. The highest BCUT2D eigenvalue weighted by atomic mass is 32.1. The molecule has 7 heteroatoms. The lowest BCUT2D eigenvalue weighted by atomic mass is 9.98. The summed E-state index contributed by atoms with van der Waals surface area (Å²) in [5.41, 5.74) is 6.09. The van der Waals surface area contributed by atoms with Crippen LogP contribution in [-0.2, 0) is 4.74 Å². The minimum atomic E-state index is -1.10. The first-order valence-electron chi connectivity index (χ1n) is 9.39. The standard InChI is InChI=1S/C23H18N2O4S/c26-22(27)21-20(30-14-25-21)11-5-6-12-24-23(28)29-13-19-17-9-3-1-7-15(17)16-8-2-4-10-18(16)19/h1-4,7-10,14,19H,6,12-13H2,(H,24,28)(H,26,27). The summed E-state index contributed by atoms with van der Waals surface area (Å²) in [5, 5.41) is 11.7. The van der Waals surface area contributed by atoms with Gasteiger partial charge in [0.25, 0.3) is 0 Å². The van der Waals surface area contributed by atoms with Gasteiger partial charge >= 0.3 is 12.1 Å². The molecule has 3 aromatic rings. The fraction of sp³-hybridized carbons (Fsp3) is 0.174. The van der Waals surface area contributed by atoms with Crippen molar-refractivity contribution in [1.82, 2.24) is 10.3 Å². The molecule has 1 aromatic heterocycles. The fourth-order valence-corrected chi connectivity index (χ4v) is 4.15. The molecule has 1 heterocycles. The lowest BCUT2D eigenvalue weighted by Crippen LogP contribution is -2.26. The number of alkyl carbamates (subject to hydrolysis) is 1. The van der Waals surface area contributed by atoms with Crippen LogP contribution in [0.25, 0.3) is 11.1 Å². The van der Waals surface area contributed by atoms with Gasteiger partial charge in [0.05, 0.1) is 5.51 Å². The van der Waals surface area contributed by atoms with Gasteiger partial charge in [-0.25, -0.2) is 14.6 Å². The smallest absolute Gasteiger partial charge is 0.407 e. The van der Waals surface area contributed by atoms with E-state index in [-0.39, 0.29) is 18.2 Å². The third kappa shape index (κ3) is 4.04. The molecule has 0 fully saturated rings. The summed E-state index contributed by atoms with van der Waals surface area (Å²) in [6.45, 7) is 0.569. The van der Waals surface area contributed by atoms with Gasteiger partial charge in [-0.3, -0.25) is 0 Å². The normalized spacial score (nSPS) is 11.7. The maximum atomic E-state index is 12.1. The van der Waals surface area contributed by atoms with Gasteiger partial charge in [0.2, 0.25) is 0 Å². The predicted molar refractivity (Wildman–Crippen MR) is 114 cm³/mol. The highest BCUT2D eigenvalue weighted by molar-refractivity contribution is 7.10. The second-order valence-electron chi connectivity index (χ2n) is 6.64. The number of hydrogen-bond acceptors (Lipinski definition) is 5. The zero-order valence-electron chi connectivity index (χ0n) is 15.9. The summed E-state index contributed by atoms with van der Waals surface area (Å²) < 4.78 is 5.46. The summed E-state index contributed by atoms with van der Waals surface area (Å²) in [4.78, 5) is 27.3. The number of aromatic carboxylic acids is 1. The second kappa shape index (κ2) is 8.80. The molecule has 0 saturated carbocycles. The van der Waals surface area contributed by atoms with E-state index in [2.05, 4.69) is 46.4 Å². The van der Waals surface area contributed by atoms with E-state index in [0.29, 0.717) is 17.8 Å². The van der Waals surface area contributed by atoms with Gasteiger partial charge in [-0.2, -0.15) is 0 Å². The Bertz CT molecular complexity index is 1110. The molecule has 0 aliphatic heterocycles. The number of aromatic nitrogens is 1. The number of ether oxygens (including phenoxy) is 1. The molecule has 0 atom stereocenters. The van der Waals surface area contributed by atoms with Crippen LogP contribution in [0.4, 0.5) is 4.79 Å². The zero-order valence-corrected chi connectivity index (χ0v) is 16.7. The molecule has 150 valence electrons. The fourth-order valence-electron chi connectivity index (χ4n) is 3.51. The first kappa shape index (κ1) is 19.7. The van der Waals surface area contributed by atoms with Crippen LogP contribution in [-0.4, -0.2) is 35.3 Å². The number of carboxylic acid groups (broad SMARTS) is 1. The van der Waals surface area contributed by atoms with E-state index in [0.717, 1.165) is 11.1 Å². The van der Waals surface area contributed by atoms with E-state index in [9.17, 15) is 9.59 Å². The average Bonchev–Trinajstić information content (AvgIpc) is 3.35. The Hall–Kier alpha value is -3.63. The number of nitrogens with zero attached hydrogens (tertiary/aromatic N) is 1. The first-order valence-corrected chi connectivity index (χ1v) is 10.3. The molecule has 0 unspecified atom stereocenters. The highest BCUT2D eigenvalue weighted by Gasteiger charge is 2.28. The van der Waals surface area contributed by atoms with E-state index in [1.54, 1.807) is 0 Å². The summed E-state index contributed by atoms with van der Waals surface area (Å²) >= 11 is 1.18. The van der Waals surface area contributed by atoms with E-state index >= 15 is 0 Å². The van der Waals surface area contributed by atoms with E-state index in [1.807, 2.05) is 24.3 Å². The van der Waals surface area contributed by atoms with Crippen LogP contribution in [0.1, 0.15) is 38.8 Å². The van der Waals surface area contributed by atoms with Crippen molar-refractivity contribution in [3.05, 3.63) is 75.7 Å². The van der Waals surface area contributed by atoms with E-state index < -0.39 is 12.1 Å². The van der Waals surface area contributed by atoms with Crippen LogP contribution >= 0.6 is 11.3 Å². The topological polar surface area (TPSA) is 88.5 Å². The van der Waals surface area contributed by atoms with Gasteiger partial charge in [0.1, 0.15) is 11.5 Å². The highest BCUT2D eigenvalue weighted by Crippen LogP contribution is 2.44. The molecule has 0 spiro atoms. The van der Waals surface area contributed by atoms with Crippen molar-refractivity contribution in [2.24, 2.45) is 0 Å². The van der Waals surface area contributed by atoms with Crippen LogP contribution in [0.3, 0.4) is 0 Å². The number of thiazole rings is 1. The monoisotopic (exact) mass is 418 g/mol. The Morgan fingerprint density at radius 2 is 1.77 bits per heavy atom. The molecule has 1 aliphatic carbocycles. The second-order valence-corrected chi connectivity index (χ2v) is 7.49. The number of carboxylic acids is 1. The Kier molecular flexibility index (Phi) is 5.77. The number of carbonyl (C=O) groups is 2. The molecule has 4 rings (SSSR count). The van der Waals surface area contributed by atoms with Crippen molar-refractivity contribution < 1.29 is 19.4 Å². The molecule has 6 nitrogen and oxygen atoms in total. The minimum Gasteiger partial charge on any atom is -0.476 e. The summed E-state index contributed by atoms with van der Waals surface area (Å²) in [6.07, 6.45) is -0.121. The van der Waals surface area contributed by atoms with Gasteiger partial charge in [0.15, 0.2) is 5.69 Å². The van der Waals surface area contributed by atoms with Crippen molar-refractivity contribution >= 4 is 23.4 Å². The number of benzene rings is 2. The lowest BCUT2D eigenvalue weighted by Gasteiger charge is -2.14. The number of carbonyl (C=O) groups excluding carboxylic acids is 1. The Balaban J connectivity index is 1.29. The zero-order chi connectivity index (χ0) is 20.9. The summed E-state index contributed by atoms with van der Waals surface area (Å²) in [7, 11) is 0. The summed E-state index contributed by atoms with van der Waals surface area (Å²) in [6, 6.07) is 16.3. The average molecular weight is 418 g/mol. The van der Waals surface area contributed by atoms with E-state index in [1.165, 1.54) is 28.0 Å². The quantitative estimate of drug-likeness (QED) is 0.481. The predicted octanol–water partition coefficient (Wildman–Crippen LogP) is 4.12. The number of rotatable bonds is 5. The SMILES string of the molecule is O=C(NCCC#Cc1scnc1C(=O)O)OCC1c2ccccc2-c2ccccc21. The number of fused-ring (bicyclic) bond motifs is 3. The summed E-state index contributed by atoms with van der Waals surface area (Å²) in [5.74, 6) is 4.55. The third-order valence-electron chi connectivity index (χ3n) is 4.83. The van der Waals surface area contributed by atoms with Crippen molar-refractivity contribution in [2.45, 2.75) is 12.3 Å². The molecule has 2 N–H and O–H groups in total. The Morgan fingerprint density at radius 1 is 1.10 bits per heavy atom. The molecule has 2 aromatic carbocycles. The van der Waals surface area contributed by atoms with Crippen molar-refractivity contribution in [2.75, 3.05) is 13.2 Å². The molecule has 1 aliphatic rings. The van der Waals surface area contributed by atoms with Crippen LogP contribution in [0.2, 0.25) is 0 Å². The maximum absolute atomic E-state index is 12.1. The maximum Gasteiger partial charge on any atom is 0.407 e.